The van der Waals surface area contributed by atoms with Gasteiger partial charge in [-0.15, -0.1) is 0 Å². The number of hydrogen-bond donors (Lipinski definition) is 0. The van der Waals surface area contributed by atoms with E-state index < -0.39 is 0 Å². The van der Waals surface area contributed by atoms with E-state index in [9.17, 15) is 4.91 Å². The largest absolute Gasteiger partial charge is 1.00 e. The maximum Gasteiger partial charge on any atom is 0.208 e. The summed E-state index contributed by atoms with van der Waals surface area (Å²) in [6, 6.07) is 0. The van der Waals surface area contributed by atoms with E-state index in [0.717, 1.165) is 12.8 Å². The van der Waals surface area contributed by atoms with Gasteiger partial charge in [0.2, 0.25) is 11.1 Å². The Morgan fingerprint density at radius 1 is 1.14 bits per heavy atom. The minimum absolute atomic E-state index is 0. The summed E-state index contributed by atoms with van der Waals surface area (Å²) < 4.78 is 6.56. The molecule has 1 rings (SSSR count). The Hall–Kier alpha value is 0.0400. The normalized spacial score (nSPS) is 25.6. The minimum atomic E-state index is -0.303. The van der Waals surface area contributed by atoms with Crippen LogP contribution in [0.25, 0.3) is 0 Å². The maximum atomic E-state index is 11.9. The molecule has 14 heavy (non-hydrogen) atoms. The number of hydrogen-bond acceptors (Lipinski definition) is 2. The van der Waals surface area contributed by atoms with Crippen LogP contribution in [0.3, 0.4) is 0 Å². The predicted molar refractivity (Wildman–Crippen MR) is 51.8 cm³/mol. The molecule has 1 heterocycles. The van der Waals surface area contributed by atoms with Crippen LogP contribution in [0.5, 0.6) is 0 Å². The van der Waals surface area contributed by atoms with Gasteiger partial charge in [-0.2, -0.15) is 0 Å². The number of nitrogens with zero attached hydrogens (tertiary/aromatic N) is 1. The first-order valence-corrected chi connectivity index (χ1v) is 4.80. The van der Waals surface area contributed by atoms with Gasteiger partial charge in [0.05, 0.1) is 6.10 Å². The van der Waals surface area contributed by atoms with E-state index in [0.29, 0.717) is 0 Å². The topological polar surface area (TPSA) is 29.3 Å². The molecule has 0 N–H and O–H groups in total. The minimum Gasteiger partial charge on any atom is -1.00 e. The number of piperidine rings is 1. The Bertz CT molecular complexity index is 206. The second kappa shape index (κ2) is 4.27. The summed E-state index contributed by atoms with van der Waals surface area (Å²) in [4.78, 5) is 11.9. The lowest BCUT2D eigenvalue weighted by Crippen LogP contribution is -3.00. The van der Waals surface area contributed by atoms with E-state index >= 15 is 0 Å². The van der Waals surface area contributed by atoms with Crippen molar-refractivity contribution in [3.05, 3.63) is 4.91 Å². The average Bonchev–Trinajstić information content (AvgIpc) is 1.99. The molecule has 0 unspecified atom stereocenters. The molecule has 84 valence electrons. The fraction of sp³-hybridized carbons (Fsp3) is 1.00. The van der Waals surface area contributed by atoms with Crippen LogP contribution in [0.4, 0.5) is 0 Å². The van der Waals surface area contributed by atoms with E-state index in [1.165, 1.54) is 4.76 Å². The van der Waals surface area contributed by atoms with E-state index in [2.05, 4.69) is 0 Å². The number of methoxy groups -OCH3 is 1. The molecule has 0 saturated carbocycles. The van der Waals surface area contributed by atoms with Crippen molar-refractivity contribution in [2.24, 2.45) is 0 Å². The molecule has 3 nitrogen and oxygen atoms in total. The molecule has 0 radical (unpaired) electrons. The molecule has 0 aromatic heterocycles. The van der Waals surface area contributed by atoms with Crippen LogP contribution in [-0.2, 0) is 4.74 Å². The van der Waals surface area contributed by atoms with E-state index in [4.69, 9.17) is 4.74 Å². The molecule has 4 heteroatoms. The first kappa shape index (κ1) is 14.0. The van der Waals surface area contributed by atoms with Crippen LogP contribution in [-0.4, -0.2) is 29.1 Å². The molecule has 1 aliphatic heterocycles. The summed E-state index contributed by atoms with van der Waals surface area (Å²) in [6.45, 7) is 7.92. The van der Waals surface area contributed by atoms with Crippen LogP contribution < -0.4 is 17.0 Å². The fourth-order valence-corrected chi connectivity index (χ4v) is 2.34. The first-order chi connectivity index (χ1) is 5.79. The molecule has 0 bridgehead atoms. The van der Waals surface area contributed by atoms with Crippen molar-refractivity contribution in [2.75, 3.05) is 7.11 Å². The van der Waals surface area contributed by atoms with Crippen LogP contribution >= 0.6 is 0 Å². The molecule has 0 aromatic rings. The van der Waals surface area contributed by atoms with Gasteiger partial charge in [0, 0.05) is 57.3 Å². The number of nitroso groups, excluding NO2 is 1. The highest BCUT2D eigenvalue weighted by molar-refractivity contribution is 4.86. The Morgan fingerprint density at radius 2 is 1.50 bits per heavy atom. The summed E-state index contributed by atoms with van der Waals surface area (Å²) in [5.41, 5.74) is -0.606. The van der Waals surface area contributed by atoms with Crippen molar-refractivity contribution in [1.82, 2.24) is 0 Å². The number of halogens is 1. The molecule has 0 spiro atoms. The van der Waals surface area contributed by atoms with Crippen molar-refractivity contribution in [1.29, 1.82) is 0 Å². The van der Waals surface area contributed by atoms with Crippen molar-refractivity contribution in [3.63, 3.8) is 0 Å². The van der Waals surface area contributed by atoms with Gasteiger partial charge in [0.1, 0.15) is 0 Å². The van der Waals surface area contributed by atoms with Crippen molar-refractivity contribution in [2.45, 2.75) is 57.7 Å². The Balaban J connectivity index is 0.00000169. The van der Waals surface area contributed by atoms with Gasteiger partial charge < -0.3 is 21.7 Å². The highest BCUT2D eigenvalue weighted by Gasteiger charge is 2.53. The highest BCUT2D eigenvalue weighted by Crippen LogP contribution is 2.35. The summed E-state index contributed by atoms with van der Waals surface area (Å²) >= 11 is 0. The van der Waals surface area contributed by atoms with Gasteiger partial charge >= 0.3 is 0 Å². The second-order valence-corrected chi connectivity index (χ2v) is 5.19. The van der Waals surface area contributed by atoms with E-state index in [1.54, 1.807) is 7.11 Å². The van der Waals surface area contributed by atoms with Gasteiger partial charge in [-0.25, -0.2) is 0 Å². The molecular weight excluding hydrogens is 246 g/mol. The Kier molecular flexibility index (Phi) is 4.28. The molecule has 1 fully saturated rings. The third-order valence-corrected chi connectivity index (χ3v) is 2.89. The SMILES string of the molecule is COC1CC(C)(C)[N+](=O)C(C)(C)C1.[Br-]. The lowest BCUT2D eigenvalue weighted by molar-refractivity contribution is -0.695. The monoisotopic (exact) mass is 265 g/mol. The summed E-state index contributed by atoms with van der Waals surface area (Å²) in [5, 5.41) is 0. The van der Waals surface area contributed by atoms with Crippen LogP contribution in [0.1, 0.15) is 40.5 Å². The van der Waals surface area contributed by atoms with Gasteiger partial charge in [-0.05, 0) is 0 Å². The van der Waals surface area contributed by atoms with Crippen LogP contribution in [0, 0.1) is 4.91 Å². The lowest BCUT2D eigenvalue weighted by Gasteiger charge is -2.35. The fourth-order valence-electron chi connectivity index (χ4n) is 2.34. The first-order valence-electron chi connectivity index (χ1n) is 4.80. The Labute approximate surface area is 96.5 Å². The molecule has 0 aromatic carbocycles. The molecule has 1 saturated heterocycles. The zero-order valence-corrected chi connectivity index (χ0v) is 11.2. The zero-order valence-electron chi connectivity index (χ0n) is 9.63. The van der Waals surface area contributed by atoms with Crippen molar-refractivity contribution in [3.8, 4) is 0 Å². The average molecular weight is 266 g/mol. The molecule has 0 amide bonds. The number of rotatable bonds is 1. The summed E-state index contributed by atoms with van der Waals surface area (Å²) in [5.74, 6) is 0. The van der Waals surface area contributed by atoms with Gasteiger partial charge in [0.25, 0.3) is 0 Å². The van der Waals surface area contributed by atoms with Gasteiger partial charge in [-0.1, -0.05) is 0 Å². The van der Waals surface area contributed by atoms with Gasteiger partial charge in [0.15, 0.2) is 0 Å². The smallest absolute Gasteiger partial charge is 0.208 e. The van der Waals surface area contributed by atoms with Gasteiger partial charge in [-0.3, -0.25) is 0 Å². The summed E-state index contributed by atoms with van der Waals surface area (Å²) in [7, 11) is 1.72. The standard InChI is InChI=1S/C10H20NO2.BrH/c1-9(2)6-8(13-5)7-10(3,4)11(9)12;/h8H,6-7H2,1-5H3;1H/q+1;/p-1. The third kappa shape index (κ3) is 2.54. The Morgan fingerprint density at radius 3 is 1.79 bits per heavy atom. The van der Waals surface area contributed by atoms with Crippen LogP contribution in [0.15, 0.2) is 0 Å². The second-order valence-electron chi connectivity index (χ2n) is 5.19. The number of ether oxygens (including phenoxy) is 1. The van der Waals surface area contributed by atoms with E-state index in [-0.39, 0.29) is 34.2 Å². The lowest BCUT2D eigenvalue weighted by atomic mass is 9.80. The van der Waals surface area contributed by atoms with Crippen LogP contribution in [0.2, 0.25) is 0 Å². The van der Waals surface area contributed by atoms with Crippen molar-refractivity contribution >= 4 is 0 Å². The third-order valence-electron chi connectivity index (χ3n) is 2.89. The predicted octanol–water partition coefficient (Wildman–Crippen LogP) is -0.865. The zero-order chi connectivity index (χ0) is 10.3. The molecular formula is C10H20BrNO2. The highest BCUT2D eigenvalue weighted by atomic mass is 79.9. The molecule has 0 atom stereocenters. The quantitative estimate of drug-likeness (QED) is 0.578. The summed E-state index contributed by atoms with van der Waals surface area (Å²) in [6.07, 6.45) is 1.85. The molecule has 1 aliphatic rings. The van der Waals surface area contributed by atoms with E-state index in [1.807, 2.05) is 27.7 Å². The molecule has 0 aliphatic carbocycles. The van der Waals surface area contributed by atoms with Crippen molar-refractivity contribution < 1.29 is 26.5 Å². The maximum absolute atomic E-state index is 11.9.